The Labute approximate surface area is 196 Å². The molecule has 5 nitrogen and oxygen atoms in total. The van der Waals surface area contributed by atoms with Gasteiger partial charge < -0.3 is 14.6 Å². The van der Waals surface area contributed by atoms with E-state index in [2.05, 4.69) is 50.5 Å². The van der Waals surface area contributed by atoms with Crippen molar-refractivity contribution in [2.24, 2.45) is 0 Å². The van der Waals surface area contributed by atoms with Crippen LogP contribution in [0.1, 0.15) is 36.7 Å². The highest BCUT2D eigenvalue weighted by Crippen LogP contribution is 2.26. The molecule has 2 aromatic carbocycles. The molecule has 0 spiro atoms. The molecule has 0 bridgehead atoms. The lowest BCUT2D eigenvalue weighted by Crippen LogP contribution is -2.37. The maximum absolute atomic E-state index is 12.5. The summed E-state index contributed by atoms with van der Waals surface area (Å²) in [7, 11) is 0. The van der Waals surface area contributed by atoms with Gasteiger partial charge in [-0.1, -0.05) is 28.1 Å². The lowest BCUT2D eigenvalue weighted by Gasteiger charge is -2.35. The van der Waals surface area contributed by atoms with Gasteiger partial charge in [-0.25, -0.2) is 0 Å². The number of amides is 1. The Hall–Kier alpha value is -2.64. The van der Waals surface area contributed by atoms with Gasteiger partial charge in [-0.3, -0.25) is 10.1 Å². The van der Waals surface area contributed by atoms with Crippen LogP contribution in [0.15, 0.2) is 69.6 Å². The monoisotopic (exact) mass is 497 g/mol. The second-order valence-corrected chi connectivity index (χ2v) is 8.99. The largest absolute Gasteiger partial charge is 0.451 e. The first-order valence-corrected chi connectivity index (χ1v) is 11.5. The Bertz CT molecular complexity index is 1060. The van der Waals surface area contributed by atoms with Crippen LogP contribution in [0, 0.1) is 0 Å². The summed E-state index contributed by atoms with van der Waals surface area (Å²) in [6.45, 7) is 3.36. The van der Waals surface area contributed by atoms with E-state index in [1.807, 2.05) is 36.4 Å². The first-order chi connectivity index (χ1) is 15.0. The summed E-state index contributed by atoms with van der Waals surface area (Å²) in [5.74, 6) is 0.440. The van der Waals surface area contributed by atoms with Crippen LogP contribution in [0.4, 0.5) is 11.4 Å². The number of halogens is 1. The van der Waals surface area contributed by atoms with Crippen molar-refractivity contribution in [3.8, 4) is 11.3 Å². The molecule has 2 heterocycles. The van der Waals surface area contributed by atoms with Gasteiger partial charge in [0.05, 0.1) is 0 Å². The second-order valence-electron chi connectivity index (χ2n) is 7.66. The minimum atomic E-state index is -0.389. The third-order valence-electron chi connectivity index (χ3n) is 5.45. The molecule has 0 aliphatic carbocycles. The molecule has 3 aromatic rings. The molecule has 1 aromatic heterocycles. The minimum Gasteiger partial charge on any atom is -0.451 e. The van der Waals surface area contributed by atoms with E-state index in [0.717, 1.165) is 22.3 Å². The van der Waals surface area contributed by atoms with E-state index >= 15 is 0 Å². The van der Waals surface area contributed by atoms with Crippen LogP contribution >= 0.6 is 28.1 Å². The van der Waals surface area contributed by atoms with Gasteiger partial charge in [0.15, 0.2) is 10.9 Å². The number of nitrogens with zero attached hydrogens (tertiary/aromatic N) is 1. The van der Waals surface area contributed by atoms with Crippen LogP contribution in [0.3, 0.4) is 0 Å². The van der Waals surface area contributed by atoms with Gasteiger partial charge in [0.25, 0.3) is 5.91 Å². The Morgan fingerprint density at radius 2 is 1.81 bits per heavy atom. The Morgan fingerprint density at radius 1 is 1.06 bits per heavy atom. The fourth-order valence-corrected chi connectivity index (χ4v) is 4.25. The molecule has 0 radical (unpaired) electrons. The summed E-state index contributed by atoms with van der Waals surface area (Å²) < 4.78 is 6.68. The maximum Gasteiger partial charge on any atom is 0.293 e. The molecule has 4 rings (SSSR count). The fraction of sp³-hybridized carbons (Fsp3) is 0.250. The van der Waals surface area contributed by atoms with Crippen LogP contribution < -0.4 is 15.5 Å². The molecular formula is C24H24BrN3O2S. The molecule has 160 valence electrons. The van der Waals surface area contributed by atoms with Gasteiger partial charge in [0.1, 0.15) is 5.76 Å². The van der Waals surface area contributed by atoms with E-state index in [0.29, 0.717) is 11.8 Å². The number of piperidine rings is 1. The van der Waals surface area contributed by atoms with E-state index in [9.17, 15) is 4.79 Å². The van der Waals surface area contributed by atoms with Gasteiger partial charge in [-0.2, -0.15) is 0 Å². The average Bonchev–Trinajstić information content (AvgIpc) is 3.26. The number of carbonyl (C=O) groups excluding carboxylic acids is 1. The van der Waals surface area contributed by atoms with Crippen molar-refractivity contribution in [3.63, 3.8) is 0 Å². The molecule has 1 fully saturated rings. The molecule has 2 N–H and O–H groups in total. The molecule has 1 atom stereocenters. The molecule has 0 unspecified atom stereocenters. The maximum atomic E-state index is 12.5. The van der Waals surface area contributed by atoms with E-state index in [1.54, 1.807) is 12.1 Å². The summed E-state index contributed by atoms with van der Waals surface area (Å²) in [4.78, 5) is 14.9. The number of nitrogens with one attached hydrogen (secondary N) is 2. The molecule has 1 saturated heterocycles. The van der Waals surface area contributed by atoms with Gasteiger partial charge >= 0.3 is 0 Å². The van der Waals surface area contributed by atoms with Crippen LogP contribution in [0.2, 0.25) is 0 Å². The average molecular weight is 498 g/mol. The number of benzene rings is 2. The van der Waals surface area contributed by atoms with Crippen LogP contribution in [-0.4, -0.2) is 23.6 Å². The summed E-state index contributed by atoms with van der Waals surface area (Å²) in [6.07, 6.45) is 3.76. The van der Waals surface area contributed by atoms with Crippen molar-refractivity contribution in [3.05, 3.63) is 70.9 Å². The molecule has 0 saturated carbocycles. The smallest absolute Gasteiger partial charge is 0.293 e. The SMILES string of the molecule is C[C@H]1CCCCN1c1ccc(NC(=S)NC(=O)c2ccc(-c3ccc(Br)cc3)o2)cc1. The van der Waals surface area contributed by atoms with Crippen molar-refractivity contribution in [2.45, 2.75) is 32.2 Å². The molecule has 1 aliphatic rings. The van der Waals surface area contributed by atoms with Gasteiger partial charge in [-0.05, 0) is 86.9 Å². The van der Waals surface area contributed by atoms with Crippen LogP contribution in [0.25, 0.3) is 11.3 Å². The summed E-state index contributed by atoms with van der Waals surface area (Å²) in [5.41, 5.74) is 2.93. The zero-order valence-corrected chi connectivity index (χ0v) is 19.6. The molecule has 31 heavy (non-hydrogen) atoms. The number of thiocarbonyl (C=S) groups is 1. The van der Waals surface area contributed by atoms with Crippen molar-refractivity contribution >= 4 is 50.5 Å². The molecule has 7 heteroatoms. The van der Waals surface area contributed by atoms with E-state index < -0.39 is 0 Å². The predicted molar refractivity (Wildman–Crippen MR) is 133 cm³/mol. The molecule has 1 amide bonds. The number of anilines is 2. The quantitative estimate of drug-likeness (QED) is 0.419. The third-order valence-corrected chi connectivity index (χ3v) is 6.18. The fourth-order valence-electron chi connectivity index (χ4n) is 3.77. The first-order valence-electron chi connectivity index (χ1n) is 10.3. The number of rotatable bonds is 4. The number of furan rings is 1. The van der Waals surface area contributed by atoms with Crippen molar-refractivity contribution in [2.75, 3.05) is 16.8 Å². The highest BCUT2D eigenvalue weighted by atomic mass is 79.9. The van der Waals surface area contributed by atoms with Crippen molar-refractivity contribution in [1.82, 2.24) is 5.32 Å². The normalized spacial score (nSPS) is 16.1. The zero-order valence-electron chi connectivity index (χ0n) is 17.2. The van der Waals surface area contributed by atoms with E-state index in [-0.39, 0.29) is 16.8 Å². The summed E-state index contributed by atoms with van der Waals surface area (Å²) >= 11 is 8.71. The Balaban J connectivity index is 1.34. The summed E-state index contributed by atoms with van der Waals surface area (Å²) in [6, 6.07) is 19.8. The minimum absolute atomic E-state index is 0.205. The van der Waals surface area contributed by atoms with Gasteiger partial charge in [0.2, 0.25) is 0 Å². The first kappa shape index (κ1) is 21.6. The highest BCUT2D eigenvalue weighted by molar-refractivity contribution is 9.10. The lowest BCUT2D eigenvalue weighted by atomic mass is 10.0. The highest BCUT2D eigenvalue weighted by Gasteiger charge is 2.18. The Kier molecular flexibility index (Phi) is 6.73. The second kappa shape index (κ2) is 9.66. The third kappa shape index (κ3) is 5.35. The van der Waals surface area contributed by atoms with E-state index in [1.165, 1.54) is 24.9 Å². The standard InChI is InChI=1S/C24H24BrN3O2S/c1-16-4-2-3-15-28(16)20-11-9-19(10-12-20)26-24(31)27-23(29)22-14-13-21(30-22)17-5-7-18(25)8-6-17/h5-14,16H,2-4,15H2,1H3,(H2,26,27,29,31)/t16-/m0/s1. The predicted octanol–water partition coefficient (Wildman–Crippen LogP) is 6.21. The number of hydrogen-bond acceptors (Lipinski definition) is 4. The lowest BCUT2D eigenvalue weighted by molar-refractivity contribution is 0.0951. The van der Waals surface area contributed by atoms with Gasteiger partial charge in [-0.15, -0.1) is 0 Å². The van der Waals surface area contributed by atoms with Crippen molar-refractivity contribution in [1.29, 1.82) is 0 Å². The van der Waals surface area contributed by atoms with Crippen molar-refractivity contribution < 1.29 is 9.21 Å². The van der Waals surface area contributed by atoms with Crippen LogP contribution in [-0.2, 0) is 0 Å². The number of carbonyl (C=O) groups is 1. The Morgan fingerprint density at radius 3 is 2.52 bits per heavy atom. The topological polar surface area (TPSA) is 57.5 Å². The van der Waals surface area contributed by atoms with Crippen LogP contribution in [0.5, 0.6) is 0 Å². The zero-order chi connectivity index (χ0) is 21.8. The molecule has 1 aliphatic heterocycles. The van der Waals surface area contributed by atoms with Gasteiger partial charge in [0, 0.05) is 34.0 Å². The van der Waals surface area contributed by atoms with E-state index in [4.69, 9.17) is 16.6 Å². The summed E-state index contributed by atoms with van der Waals surface area (Å²) in [5, 5.41) is 5.96. The number of hydrogen-bond donors (Lipinski definition) is 2. The molecular weight excluding hydrogens is 474 g/mol.